The van der Waals surface area contributed by atoms with Gasteiger partial charge >= 0.3 is 0 Å². The van der Waals surface area contributed by atoms with E-state index in [0.717, 1.165) is 0 Å². The van der Waals surface area contributed by atoms with Crippen LogP contribution in [0, 0.1) is 5.92 Å². The Kier molecular flexibility index (Phi) is 5.51. The molecule has 0 aromatic rings. The molecule has 0 rings (SSSR count). The Labute approximate surface area is 80.4 Å². The van der Waals surface area contributed by atoms with Crippen molar-refractivity contribution < 1.29 is 13.5 Å². The molecule has 0 aliphatic heterocycles. The van der Waals surface area contributed by atoms with Gasteiger partial charge in [-0.3, -0.25) is 0 Å². The summed E-state index contributed by atoms with van der Waals surface area (Å²) >= 11 is 0. The van der Waals surface area contributed by atoms with Gasteiger partial charge in [0.05, 0.1) is 12.4 Å². The Hall–Kier alpha value is -0.130. The predicted octanol–water partition coefficient (Wildman–Crippen LogP) is 0.333. The number of sulfonamides is 1. The summed E-state index contributed by atoms with van der Waals surface area (Å²) in [5, 5.41) is 8.65. The average Bonchev–Trinajstić information content (AvgIpc) is 2.00. The van der Waals surface area contributed by atoms with Gasteiger partial charge in [-0.25, -0.2) is 13.1 Å². The molecule has 1 atom stereocenters. The Morgan fingerprint density at radius 2 is 1.85 bits per heavy atom. The fourth-order valence-electron chi connectivity index (χ4n) is 0.794. The van der Waals surface area contributed by atoms with Crippen molar-refractivity contribution in [3.8, 4) is 0 Å². The van der Waals surface area contributed by atoms with Gasteiger partial charge in [-0.05, 0) is 19.3 Å². The van der Waals surface area contributed by atoms with Crippen LogP contribution in [0.2, 0.25) is 0 Å². The van der Waals surface area contributed by atoms with Gasteiger partial charge in [0, 0.05) is 6.04 Å². The molecular formula is C8H19NO3S. The monoisotopic (exact) mass is 209 g/mol. The van der Waals surface area contributed by atoms with E-state index in [2.05, 4.69) is 4.72 Å². The van der Waals surface area contributed by atoms with E-state index in [9.17, 15) is 8.42 Å². The molecular weight excluding hydrogens is 190 g/mol. The highest BCUT2D eigenvalue weighted by molar-refractivity contribution is 7.89. The number of aliphatic hydroxyl groups is 1. The molecule has 0 aliphatic rings. The quantitative estimate of drug-likeness (QED) is 0.662. The van der Waals surface area contributed by atoms with Gasteiger partial charge in [0.25, 0.3) is 0 Å². The summed E-state index contributed by atoms with van der Waals surface area (Å²) in [7, 11) is -3.20. The molecule has 0 spiro atoms. The molecule has 0 fully saturated rings. The van der Waals surface area contributed by atoms with Gasteiger partial charge in [-0.1, -0.05) is 13.8 Å². The van der Waals surface area contributed by atoms with Crippen LogP contribution in [0.25, 0.3) is 0 Å². The lowest BCUT2D eigenvalue weighted by atomic mass is 10.2. The Balaban J connectivity index is 3.95. The van der Waals surface area contributed by atoms with E-state index in [4.69, 9.17) is 5.11 Å². The maximum Gasteiger partial charge on any atom is 0.211 e. The predicted molar refractivity (Wildman–Crippen MR) is 52.9 cm³/mol. The first-order chi connectivity index (χ1) is 5.87. The van der Waals surface area contributed by atoms with Crippen LogP contribution in [0.4, 0.5) is 0 Å². The van der Waals surface area contributed by atoms with E-state index >= 15 is 0 Å². The van der Waals surface area contributed by atoms with E-state index in [1.807, 2.05) is 13.8 Å². The highest BCUT2D eigenvalue weighted by atomic mass is 32.2. The summed E-state index contributed by atoms with van der Waals surface area (Å²) in [6.07, 6.45) is 0.646. The lowest BCUT2D eigenvalue weighted by Crippen LogP contribution is -2.36. The normalized spacial score (nSPS) is 14.8. The molecule has 0 aromatic heterocycles. The Bertz CT molecular complexity index is 224. The number of hydrogen-bond acceptors (Lipinski definition) is 3. The van der Waals surface area contributed by atoms with Crippen molar-refractivity contribution in [1.82, 2.24) is 4.72 Å². The minimum atomic E-state index is -3.20. The summed E-state index contributed by atoms with van der Waals surface area (Å²) in [5.74, 6) is 0.510. The summed E-state index contributed by atoms with van der Waals surface area (Å²) in [6.45, 7) is 5.42. The molecule has 0 aliphatic carbocycles. The lowest BCUT2D eigenvalue weighted by molar-refractivity contribution is 0.265. The molecule has 0 aromatic carbocycles. The lowest BCUT2D eigenvalue weighted by Gasteiger charge is -2.12. The maximum absolute atomic E-state index is 11.3. The van der Waals surface area contributed by atoms with Crippen molar-refractivity contribution in [2.24, 2.45) is 5.92 Å². The second kappa shape index (κ2) is 5.57. The van der Waals surface area contributed by atoms with Crippen LogP contribution in [0.5, 0.6) is 0 Å². The first-order valence-electron chi connectivity index (χ1n) is 4.48. The van der Waals surface area contributed by atoms with Crippen molar-refractivity contribution in [2.45, 2.75) is 33.2 Å². The maximum atomic E-state index is 11.3. The first kappa shape index (κ1) is 12.9. The van der Waals surface area contributed by atoms with Gasteiger partial charge in [-0.2, -0.15) is 0 Å². The zero-order valence-electron chi connectivity index (χ0n) is 8.45. The fraction of sp³-hybridized carbons (Fsp3) is 1.00. The molecule has 0 saturated carbocycles. The summed E-state index contributed by atoms with van der Waals surface area (Å²) in [4.78, 5) is 0. The summed E-state index contributed by atoms with van der Waals surface area (Å²) < 4.78 is 24.9. The molecule has 2 N–H and O–H groups in total. The number of hydrogen-bond donors (Lipinski definition) is 2. The van der Waals surface area contributed by atoms with Gasteiger partial charge in [-0.15, -0.1) is 0 Å². The minimum absolute atomic E-state index is 0.134. The SMILES string of the molecule is CC(C)CCS(=O)(=O)NC(C)CO. The van der Waals surface area contributed by atoms with Crippen LogP contribution in [0.3, 0.4) is 0 Å². The van der Waals surface area contributed by atoms with E-state index in [0.29, 0.717) is 12.3 Å². The van der Waals surface area contributed by atoms with Crippen molar-refractivity contribution in [3.05, 3.63) is 0 Å². The third-order valence-corrected chi connectivity index (χ3v) is 3.15. The number of rotatable bonds is 6. The van der Waals surface area contributed by atoms with E-state index < -0.39 is 16.1 Å². The van der Waals surface area contributed by atoms with Gasteiger partial charge in [0.2, 0.25) is 10.0 Å². The standard InChI is InChI=1S/C8H19NO3S/c1-7(2)4-5-13(11,12)9-8(3)6-10/h7-10H,4-6H2,1-3H3. The van der Waals surface area contributed by atoms with Crippen LogP contribution < -0.4 is 4.72 Å². The zero-order chi connectivity index (χ0) is 10.5. The van der Waals surface area contributed by atoms with E-state index in [-0.39, 0.29) is 12.4 Å². The van der Waals surface area contributed by atoms with Crippen LogP contribution >= 0.6 is 0 Å². The highest BCUT2D eigenvalue weighted by Crippen LogP contribution is 2.02. The average molecular weight is 209 g/mol. The molecule has 4 nitrogen and oxygen atoms in total. The number of nitrogens with one attached hydrogen (secondary N) is 1. The molecule has 0 saturated heterocycles. The van der Waals surface area contributed by atoms with Gasteiger partial charge in [0.15, 0.2) is 0 Å². The van der Waals surface area contributed by atoms with Crippen LogP contribution in [0.1, 0.15) is 27.2 Å². The minimum Gasteiger partial charge on any atom is -0.395 e. The van der Waals surface area contributed by atoms with Crippen LogP contribution in [0.15, 0.2) is 0 Å². The largest absolute Gasteiger partial charge is 0.395 e. The second-order valence-electron chi connectivity index (χ2n) is 3.70. The Morgan fingerprint density at radius 3 is 2.23 bits per heavy atom. The summed E-state index contributed by atoms with van der Waals surface area (Å²) in [6, 6.07) is -0.392. The van der Waals surface area contributed by atoms with Crippen LogP contribution in [-0.4, -0.2) is 31.9 Å². The fourth-order valence-corrected chi connectivity index (χ4v) is 2.38. The van der Waals surface area contributed by atoms with E-state index in [1.165, 1.54) is 0 Å². The zero-order valence-corrected chi connectivity index (χ0v) is 9.26. The molecule has 1 unspecified atom stereocenters. The van der Waals surface area contributed by atoms with E-state index in [1.54, 1.807) is 6.92 Å². The molecule has 0 radical (unpaired) electrons. The van der Waals surface area contributed by atoms with Crippen molar-refractivity contribution >= 4 is 10.0 Å². The molecule has 5 heteroatoms. The smallest absolute Gasteiger partial charge is 0.211 e. The molecule has 13 heavy (non-hydrogen) atoms. The number of aliphatic hydroxyl groups excluding tert-OH is 1. The highest BCUT2D eigenvalue weighted by Gasteiger charge is 2.13. The van der Waals surface area contributed by atoms with Crippen molar-refractivity contribution in [3.63, 3.8) is 0 Å². The van der Waals surface area contributed by atoms with Crippen LogP contribution in [-0.2, 0) is 10.0 Å². The Morgan fingerprint density at radius 1 is 1.31 bits per heavy atom. The third-order valence-electron chi connectivity index (χ3n) is 1.62. The topological polar surface area (TPSA) is 66.4 Å². The van der Waals surface area contributed by atoms with Gasteiger partial charge < -0.3 is 5.11 Å². The molecule has 0 bridgehead atoms. The first-order valence-corrected chi connectivity index (χ1v) is 6.13. The second-order valence-corrected chi connectivity index (χ2v) is 5.58. The van der Waals surface area contributed by atoms with Crippen molar-refractivity contribution in [1.29, 1.82) is 0 Å². The van der Waals surface area contributed by atoms with Gasteiger partial charge in [0.1, 0.15) is 0 Å². The van der Waals surface area contributed by atoms with Crippen molar-refractivity contribution in [2.75, 3.05) is 12.4 Å². The third kappa shape index (κ3) is 6.98. The molecule has 0 amide bonds. The molecule has 80 valence electrons. The molecule has 0 heterocycles. The summed E-state index contributed by atoms with van der Waals surface area (Å²) in [5.41, 5.74) is 0.